The van der Waals surface area contributed by atoms with Crippen molar-refractivity contribution < 1.29 is 4.79 Å². The Morgan fingerprint density at radius 1 is 0.833 bits per heavy atom. The van der Waals surface area contributed by atoms with Crippen LogP contribution in [0.2, 0.25) is 0 Å². The van der Waals surface area contributed by atoms with Crippen LogP contribution < -0.4 is 0 Å². The molecule has 0 saturated heterocycles. The molecule has 2 aromatic carbocycles. The van der Waals surface area contributed by atoms with Crippen LogP contribution in [0.15, 0.2) is 36.4 Å². The maximum atomic E-state index is 12.7. The molecule has 3 rings (SSSR count). The van der Waals surface area contributed by atoms with Gasteiger partial charge in [-0.1, -0.05) is 96.0 Å². The Morgan fingerprint density at radius 2 is 1.50 bits per heavy atom. The number of hydrogen-bond acceptors (Lipinski definition) is 1. The molecule has 0 unspecified atom stereocenters. The van der Waals surface area contributed by atoms with Crippen molar-refractivity contribution in [1.82, 2.24) is 0 Å². The Kier molecular flexibility index (Phi) is 8.73. The maximum Gasteiger partial charge on any atom is 0.162 e. The molecule has 162 valence electrons. The van der Waals surface area contributed by atoms with Gasteiger partial charge in [0.25, 0.3) is 0 Å². The molecule has 0 radical (unpaired) electrons. The van der Waals surface area contributed by atoms with Crippen molar-refractivity contribution in [2.75, 3.05) is 0 Å². The van der Waals surface area contributed by atoms with Crippen molar-refractivity contribution in [2.45, 2.75) is 97.8 Å². The van der Waals surface area contributed by atoms with Crippen molar-refractivity contribution >= 4 is 5.78 Å². The fraction of sp³-hybridized carbons (Fsp3) is 0.552. The summed E-state index contributed by atoms with van der Waals surface area (Å²) < 4.78 is 0. The first-order valence-corrected chi connectivity index (χ1v) is 12.4. The lowest BCUT2D eigenvalue weighted by Gasteiger charge is -2.07. The first-order chi connectivity index (χ1) is 14.6. The van der Waals surface area contributed by atoms with E-state index in [-0.39, 0.29) is 0 Å². The highest BCUT2D eigenvalue weighted by molar-refractivity contribution is 5.97. The van der Waals surface area contributed by atoms with E-state index in [2.05, 4.69) is 51.1 Å². The van der Waals surface area contributed by atoms with E-state index in [4.69, 9.17) is 0 Å². The third-order valence-corrected chi connectivity index (χ3v) is 6.52. The second kappa shape index (κ2) is 11.5. The molecular weight excluding hydrogens is 364 g/mol. The minimum Gasteiger partial charge on any atom is -0.294 e. The molecule has 0 amide bonds. The van der Waals surface area contributed by atoms with Crippen LogP contribution in [0.1, 0.15) is 112 Å². The average molecular weight is 405 g/mol. The second-order valence-electron chi connectivity index (χ2n) is 9.62. The highest BCUT2D eigenvalue weighted by Crippen LogP contribution is 2.38. The topological polar surface area (TPSA) is 17.1 Å². The van der Waals surface area contributed by atoms with Crippen molar-refractivity contribution in [3.8, 4) is 11.1 Å². The molecule has 0 N–H and O–H groups in total. The number of hydrogen-bond donors (Lipinski definition) is 0. The van der Waals surface area contributed by atoms with E-state index >= 15 is 0 Å². The Morgan fingerprint density at radius 3 is 2.23 bits per heavy atom. The zero-order valence-corrected chi connectivity index (χ0v) is 19.4. The largest absolute Gasteiger partial charge is 0.294 e. The third kappa shape index (κ3) is 6.30. The Labute approximate surface area is 184 Å². The number of unbranched alkanes of at least 4 members (excludes halogenated alkanes) is 6. The van der Waals surface area contributed by atoms with E-state index in [0.29, 0.717) is 12.2 Å². The zero-order valence-electron chi connectivity index (χ0n) is 19.4. The Balaban J connectivity index is 1.53. The first kappa shape index (κ1) is 22.8. The predicted molar refractivity (Wildman–Crippen MR) is 129 cm³/mol. The Hall–Kier alpha value is -1.89. The monoisotopic (exact) mass is 404 g/mol. The summed E-state index contributed by atoms with van der Waals surface area (Å²) in [4.78, 5) is 12.7. The number of benzene rings is 2. The van der Waals surface area contributed by atoms with Crippen molar-refractivity contribution in [1.29, 1.82) is 0 Å². The lowest BCUT2D eigenvalue weighted by atomic mass is 9.98. The molecule has 0 bridgehead atoms. The minimum atomic E-state index is 0.316. The zero-order chi connectivity index (χ0) is 21.3. The van der Waals surface area contributed by atoms with Crippen molar-refractivity contribution in [3.63, 3.8) is 0 Å². The highest BCUT2D eigenvalue weighted by Gasteiger charge is 2.20. The lowest BCUT2D eigenvalue weighted by molar-refractivity contribution is 0.0979. The van der Waals surface area contributed by atoms with Crippen LogP contribution in [0.25, 0.3) is 11.1 Å². The molecule has 0 fully saturated rings. The minimum absolute atomic E-state index is 0.316. The number of rotatable bonds is 13. The van der Waals surface area contributed by atoms with E-state index < -0.39 is 0 Å². The molecule has 0 atom stereocenters. The quantitative estimate of drug-likeness (QED) is 0.206. The van der Waals surface area contributed by atoms with Crippen molar-refractivity contribution in [2.24, 2.45) is 5.92 Å². The molecule has 0 spiro atoms. The summed E-state index contributed by atoms with van der Waals surface area (Å²) in [7, 11) is 0. The predicted octanol–water partition coefficient (Wildman–Crippen LogP) is 8.56. The number of carbonyl (C=O) groups is 1. The van der Waals surface area contributed by atoms with Crippen LogP contribution in [0.5, 0.6) is 0 Å². The van der Waals surface area contributed by atoms with Gasteiger partial charge in [0.05, 0.1) is 0 Å². The first-order valence-electron chi connectivity index (χ1n) is 12.4. The summed E-state index contributed by atoms with van der Waals surface area (Å²) in [6.07, 6.45) is 14.2. The summed E-state index contributed by atoms with van der Waals surface area (Å²) in [5.41, 5.74) is 7.82. The molecule has 1 heteroatoms. The van der Waals surface area contributed by atoms with Crippen LogP contribution in [-0.2, 0) is 12.8 Å². The molecule has 1 aliphatic carbocycles. The molecule has 30 heavy (non-hydrogen) atoms. The van der Waals surface area contributed by atoms with E-state index in [1.54, 1.807) is 0 Å². The summed E-state index contributed by atoms with van der Waals surface area (Å²) in [6, 6.07) is 13.4. The van der Waals surface area contributed by atoms with Crippen LogP contribution >= 0.6 is 0 Å². The number of ketones is 1. The smallest absolute Gasteiger partial charge is 0.162 e. The summed E-state index contributed by atoms with van der Waals surface area (Å²) in [5.74, 6) is 1.09. The maximum absolute atomic E-state index is 12.7. The lowest BCUT2D eigenvalue weighted by Crippen LogP contribution is -2.00. The standard InChI is InChI=1S/C29H40O/c1-4-5-6-7-8-9-10-14-29(30)24-16-18-28-26(20-24)21-25-19-23(15-17-27(25)28)13-11-12-22(2)3/h15-20,22H,4-14,21H2,1-3H3. The normalized spacial score (nSPS) is 12.3. The number of Topliss-reactive ketones (excluding diaryl/α,β-unsaturated/α-hetero) is 1. The van der Waals surface area contributed by atoms with Gasteiger partial charge in [-0.3, -0.25) is 4.79 Å². The average Bonchev–Trinajstić information content (AvgIpc) is 3.09. The molecule has 0 saturated carbocycles. The van der Waals surface area contributed by atoms with Gasteiger partial charge in [0.1, 0.15) is 0 Å². The molecule has 0 heterocycles. The van der Waals surface area contributed by atoms with E-state index in [0.717, 1.165) is 24.3 Å². The van der Waals surface area contributed by atoms with E-state index in [1.165, 1.54) is 85.6 Å². The van der Waals surface area contributed by atoms with E-state index in [1.807, 2.05) is 6.07 Å². The van der Waals surface area contributed by atoms with Gasteiger partial charge in [-0.2, -0.15) is 0 Å². The molecule has 1 nitrogen and oxygen atoms in total. The fourth-order valence-corrected chi connectivity index (χ4v) is 4.69. The van der Waals surface area contributed by atoms with Gasteiger partial charge >= 0.3 is 0 Å². The molecular formula is C29H40O. The molecule has 0 aromatic heterocycles. The van der Waals surface area contributed by atoms with Gasteiger partial charge in [0.15, 0.2) is 5.78 Å². The third-order valence-electron chi connectivity index (χ3n) is 6.52. The number of aryl methyl sites for hydroxylation is 1. The van der Waals surface area contributed by atoms with Crippen LogP contribution in [0.3, 0.4) is 0 Å². The van der Waals surface area contributed by atoms with Gasteiger partial charge in [0.2, 0.25) is 0 Å². The number of fused-ring (bicyclic) bond motifs is 3. The van der Waals surface area contributed by atoms with Gasteiger partial charge in [0, 0.05) is 12.0 Å². The Bertz CT molecular complexity index is 830. The second-order valence-corrected chi connectivity index (χ2v) is 9.62. The van der Waals surface area contributed by atoms with Crippen LogP contribution in [-0.4, -0.2) is 5.78 Å². The van der Waals surface area contributed by atoms with Gasteiger partial charge in [-0.25, -0.2) is 0 Å². The van der Waals surface area contributed by atoms with Gasteiger partial charge in [-0.15, -0.1) is 0 Å². The number of carbonyl (C=O) groups excluding carboxylic acids is 1. The highest BCUT2D eigenvalue weighted by atomic mass is 16.1. The molecule has 1 aliphatic rings. The summed E-state index contributed by atoms with van der Waals surface area (Å²) in [5, 5.41) is 0. The molecule has 0 aliphatic heterocycles. The van der Waals surface area contributed by atoms with Crippen LogP contribution in [0, 0.1) is 5.92 Å². The summed E-state index contributed by atoms with van der Waals surface area (Å²) >= 11 is 0. The summed E-state index contributed by atoms with van der Waals surface area (Å²) in [6.45, 7) is 6.85. The van der Waals surface area contributed by atoms with E-state index in [9.17, 15) is 4.79 Å². The fourth-order valence-electron chi connectivity index (χ4n) is 4.69. The molecule has 2 aromatic rings. The van der Waals surface area contributed by atoms with Crippen molar-refractivity contribution in [3.05, 3.63) is 58.7 Å². The van der Waals surface area contributed by atoms with Gasteiger partial charge < -0.3 is 0 Å². The van der Waals surface area contributed by atoms with Crippen LogP contribution in [0.4, 0.5) is 0 Å². The SMILES string of the molecule is CCCCCCCCCC(=O)c1ccc2c(c1)Cc1cc(CCCC(C)C)ccc1-2. The van der Waals surface area contributed by atoms with Gasteiger partial charge in [-0.05, 0) is 65.5 Å².